The maximum atomic E-state index is 12.3. The number of ketones is 1. The Labute approximate surface area is 137 Å². The molecule has 1 saturated heterocycles. The van der Waals surface area contributed by atoms with Crippen molar-refractivity contribution in [3.05, 3.63) is 29.8 Å². The predicted octanol–water partition coefficient (Wildman–Crippen LogP) is 2.64. The van der Waals surface area contributed by atoms with Gasteiger partial charge in [0, 0.05) is 44.2 Å². The zero-order valence-electron chi connectivity index (χ0n) is 13.9. The molecule has 1 aromatic rings. The summed E-state index contributed by atoms with van der Waals surface area (Å²) in [5, 5.41) is 0. The minimum Gasteiger partial charge on any atom is -0.343 e. The van der Waals surface area contributed by atoms with Crippen LogP contribution in [0.5, 0.6) is 0 Å². The van der Waals surface area contributed by atoms with Crippen molar-refractivity contribution in [1.82, 2.24) is 4.90 Å². The second-order valence-electron chi connectivity index (χ2n) is 5.97. The smallest absolute Gasteiger partial charge is 0.224 e. The first-order valence-corrected chi connectivity index (χ1v) is 8.16. The van der Waals surface area contributed by atoms with Gasteiger partial charge < -0.3 is 9.80 Å². The Hall–Kier alpha value is -2.17. The van der Waals surface area contributed by atoms with Gasteiger partial charge >= 0.3 is 0 Å². The number of carbonyl (C=O) groups excluding carboxylic acids is 3. The predicted molar refractivity (Wildman–Crippen MR) is 89.5 cm³/mol. The van der Waals surface area contributed by atoms with Crippen molar-refractivity contribution in [1.29, 1.82) is 0 Å². The van der Waals surface area contributed by atoms with Gasteiger partial charge in [-0.1, -0.05) is 12.1 Å². The van der Waals surface area contributed by atoms with Gasteiger partial charge in [-0.05, 0) is 38.3 Å². The van der Waals surface area contributed by atoms with Crippen LogP contribution in [-0.2, 0) is 9.59 Å². The van der Waals surface area contributed by atoms with E-state index in [4.69, 9.17) is 0 Å². The van der Waals surface area contributed by atoms with Crippen molar-refractivity contribution in [3.8, 4) is 0 Å². The first-order valence-electron chi connectivity index (χ1n) is 8.16. The molecule has 0 bridgehead atoms. The summed E-state index contributed by atoms with van der Waals surface area (Å²) in [5.74, 6) is -0.0736. The Morgan fingerprint density at radius 1 is 1.09 bits per heavy atom. The molecule has 2 rings (SSSR count). The molecule has 5 nitrogen and oxygen atoms in total. The SMILES string of the molecule is CC(=O)c1cccc(N(CCC(=O)N2CCCCC2)C(C)=O)c1. The highest BCUT2D eigenvalue weighted by atomic mass is 16.2. The zero-order valence-corrected chi connectivity index (χ0v) is 13.9. The second-order valence-corrected chi connectivity index (χ2v) is 5.97. The van der Waals surface area contributed by atoms with Gasteiger partial charge in [-0.25, -0.2) is 0 Å². The average molecular weight is 316 g/mol. The summed E-state index contributed by atoms with van der Waals surface area (Å²) in [4.78, 5) is 39.1. The molecule has 0 atom stereocenters. The molecule has 0 N–H and O–H groups in total. The monoisotopic (exact) mass is 316 g/mol. The van der Waals surface area contributed by atoms with Crippen LogP contribution in [-0.4, -0.2) is 42.1 Å². The number of Topliss-reactive ketones (excluding diaryl/α,β-unsaturated/α-hetero) is 1. The van der Waals surface area contributed by atoms with Gasteiger partial charge in [-0.2, -0.15) is 0 Å². The lowest BCUT2D eigenvalue weighted by Gasteiger charge is -2.28. The molecule has 0 aromatic heterocycles. The molecule has 1 aliphatic heterocycles. The van der Waals surface area contributed by atoms with Gasteiger partial charge in [-0.3, -0.25) is 14.4 Å². The molecule has 124 valence electrons. The molecule has 0 saturated carbocycles. The maximum absolute atomic E-state index is 12.3. The third-order valence-electron chi connectivity index (χ3n) is 4.20. The number of hydrogen-bond donors (Lipinski definition) is 0. The lowest BCUT2D eigenvalue weighted by atomic mass is 10.1. The largest absolute Gasteiger partial charge is 0.343 e. The molecule has 0 aliphatic carbocycles. The molecular formula is C18H24N2O3. The average Bonchev–Trinajstić information content (AvgIpc) is 2.55. The van der Waals surface area contributed by atoms with Crippen molar-refractivity contribution < 1.29 is 14.4 Å². The fourth-order valence-corrected chi connectivity index (χ4v) is 2.87. The van der Waals surface area contributed by atoms with Crippen LogP contribution in [0.25, 0.3) is 0 Å². The highest BCUT2D eigenvalue weighted by Gasteiger charge is 2.19. The molecule has 0 radical (unpaired) electrons. The number of benzene rings is 1. The number of amides is 2. The van der Waals surface area contributed by atoms with Crippen LogP contribution in [0.4, 0.5) is 5.69 Å². The normalized spacial score (nSPS) is 14.4. The van der Waals surface area contributed by atoms with Crippen LogP contribution in [0.3, 0.4) is 0 Å². The van der Waals surface area contributed by atoms with Crippen LogP contribution in [0.15, 0.2) is 24.3 Å². The van der Waals surface area contributed by atoms with Gasteiger partial charge in [-0.15, -0.1) is 0 Å². The molecule has 1 fully saturated rings. The van der Waals surface area contributed by atoms with Crippen LogP contribution in [0.1, 0.15) is 49.9 Å². The fraction of sp³-hybridized carbons (Fsp3) is 0.500. The Kier molecular flexibility index (Phi) is 5.90. The van der Waals surface area contributed by atoms with E-state index in [1.807, 2.05) is 4.90 Å². The van der Waals surface area contributed by atoms with Crippen LogP contribution >= 0.6 is 0 Å². The van der Waals surface area contributed by atoms with Crippen LogP contribution < -0.4 is 4.90 Å². The number of likely N-dealkylation sites (tertiary alicyclic amines) is 1. The molecule has 5 heteroatoms. The van der Waals surface area contributed by atoms with Gasteiger partial charge in [0.2, 0.25) is 11.8 Å². The quantitative estimate of drug-likeness (QED) is 0.785. The molecule has 2 amide bonds. The molecule has 1 aliphatic rings. The summed E-state index contributed by atoms with van der Waals surface area (Å²) in [5.41, 5.74) is 1.23. The van der Waals surface area contributed by atoms with Crippen molar-refractivity contribution in [2.24, 2.45) is 0 Å². The van der Waals surface area contributed by atoms with Crippen LogP contribution in [0, 0.1) is 0 Å². The third kappa shape index (κ3) is 4.65. The molecule has 0 spiro atoms. The molecule has 1 aromatic carbocycles. The second kappa shape index (κ2) is 7.90. The Balaban J connectivity index is 2.04. The number of nitrogens with zero attached hydrogens (tertiary/aromatic N) is 2. The lowest BCUT2D eigenvalue weighted by molar-refractivity contribution is -0.131. The van der Waals surface area contributed by atoms with E-state index in [-0.39, 0.29) is 17.6 Å². The van der Waals surface area contributed by atoms with E-state index < -0.39 is 0 Å². The number of carbonyl (C=O) groups is 3. The fourth-order valence-electron chi connectivity index (χ4n) is 2.87. The summed E-state index contributed by atoms with van der Waals surface area (Å²) in [6.07, 6.45) is 3.61. The first-order chi connectivity index (χ1) is 11.0. The highest BCUT2D eigenvalue weighted by molar-refractivity contribution is 5.97. The van der Waals surface area contributed by atoms with Gasteiger partial charge in [0.15, 0.2) is 5.78 Å². The first kappa shape index (κ1) is 17.2. The van der Waals surface area contributed by atoms with Gasteiger partial charge in [0.25, 0.3) is 0 Å². The Morgan fingerprint density at radius 2 is 1.78 bits per heavy atom. The van der Waals surface area contributed by atoms with E-state index in [1.54, 1.807) is 29.2 Å². The summed E-state index contributed by atoms with van der Waals surface area (Å²) < 4.78 is 0. The Bertz CT molecular complexity index is 592. The molecular weight excluding hydrogens is 292 g/mol. The van der Waals surface area contributed by atoms with E-state index in [2.05, 4.69) is 0 Å². The Morgan fingerprint density at radius 3 is 2.39 bits per heavy atom. The highest BCUT2D eigenvalue weighted by Crippen LogP contribution is 2.18. The van der Waals surface area contributed by atoms with E-state index in [9.17, 15) is 14.4 Å². The number of rotatable bonds is 5. The van der Waals surface area contributed by atoms with Crippen molar-refractivity contribution in [2.45, 2.75) is 39.5 Å². The summed E-state index contributed by atoms with van der Waals surface area (Å²) in [6, 6.07) is 6.98. The topological polar surface area (TPSA) is 57.7 Å². The van der Waals surface area contributed by atoms with E-state index in [0.29, 0.717) is 24.2 Å². The number of anilines is 1. The number of piperidine rings is 1. The van der Waals surface area contributed by atoms with E-state index >= 15 is 0 Å². The number of hydrogen-bond acceptors (Lipinski definition) is 3. The maximum Gasteiger partial charge on any atom is 0.224 e. The van der Waals surface area contributed by atoms with Crippen molar-refractivity contribution in [2.75, 3.05) is 24.5 Å². The molecule has 1 heterocycles. The third-order valence-corrected chi connectivity index (χ3v) is 4.20. The van der Waals surface area contributed by atoms with Crippen LogP contribution in [0.2, 0.25) is 0 Å². The van der Waals surface area contributed by atoms with Gasteiger partial charge in [0.05, 0.1) is 0 Å². The zero-order chi connectivity index (χ0) is 16.8. The van der Waals surface area contributed by atoms with Crippen molar-refractivity contribution in [3.63, 3.8) is 0 Å². The van der Waals surface area contributed by atoms with Gasteiger partial charge in [0.1, 0.15) is 0 Å². The minimum absolute atomic E-state index is 0.0419. The van der Waals surface area contributed by atoms with Crippen molar-refractivity contribution >= 4 is 23.3 Å². The standard InChI is InChI=1S/C18H24N2O3/c1-14(21)16-7-6-8-17(13-16)20(15(2)22)12-9-18(23)19-10-4-3-5-11-19/h6-8,13H,3-5,9-12H2,1-2H3. The lowest BCUT2D eigenvalue weighted by Crippen LogP contribution is -2.39. The summed E-state index contributed by atoms with van der Waals surface area (Å²) in [6.45, 7) is 4.95. The van der Waals surface area contributed by atoms with E-state index in [0.717, 1.165) is 25.9 Å². The minimum atomic E-state index is -0.128. The van der Waals surface area contributed by atoms with E-state index in [1.165, 1.54) is 20.3 Å². The molecule has 23 heavy (non-hydrogen) atoms. The summed E-state index contributed by atoms with van der Waals surface area (Å²) >= 11 is 0. The molecule has 0 unspecified atom stereocenters. The summed E-state index contributed by atoms with van der Waals surface area (Å²) in [7, 11) is 0.